The van der Waals surface area contributed by atoms with Crippen molar-refractivity contribution in [1.29, 1.82) is 0 Å². The first-order valence-corrected chi connectivity index (χ1v) is 10.5. The van der Waals surface area contributed by atoms with Crippen LogP contribution in [-0.2, 0) is 0 Å². The van der Waals surface area contributed by atoms with Gasteiger partial charge in [0.15, 0.2) is 11.2 Å². The number of amides is 1. The Labute approximate surface area is 193 Å². The molecule has 1 aliphatic heterocycles. The summed E-state index contributed by atoms with van der Waals surface area (Å²) in [5.41, 5.74) is 2.37. The quantitative estimate of drug-likeness (QED) is 0.245. The molecule has 1 unspecified atom stereocenters. The Balaban J connectivity index is 1.76. The number of hydrogen-bond acceptors (Lipinski definition) is 6. The molecule has 0 N–H and O–H groups in total. The highest BCUT2D eigenvalue weighted by Gasteiger charge is 2.43. The number of hydrogen-bond donors (Lipinski definition) is 0. The van der Waals surface area contributed by atoms with E-state index in [2.05, 4.69) is 0 Å². The third-order valence-electron chi connectivity index (χ3n) is 6.00. The average molecular weight is 454 g/mol. The van der Waals surface area contributed by atoms with Crippen molar-refractivity contribution in [2.45, 2.75) is 19.9 Å². The predicted molar refractivity (Wildman–Crippen MR) is 125 cm³/mol. The van der Waals surface area contributed by atoms with Crippen LogP contribution in [0.15, 0.2) is 75.9 Å². The molecule has 8 nitrogen and oxygen atoms in total. The van der Waals surface area contributed by atoms with E-state index in [1.165, 1.54) is 36.1 Å². The van der Waals surface area contributed by atoms with E-state index in [0.29, 0.717) is 27.8 Å². The summed E-state index contributed by atoms with van der Waals surface area (Å²) in [6.07, 6.45) is 0. The summed E-state index contributed by atoms with van der Waals surface area (Å²) in [5.74, 6) is -0.693. The molecule has 34 heavy (non-hydrogen) atoms. The number of anilines is 1. The van der Waals surface area contributed by atoms with Gasteiger partial charge in [-0.3, -0.25) is 29.4 Å². The first-order chi connectivity index (χ1) is 16.3. The Morgan fingerprint density at radius 3 is 2.29 bits per heavy atom. The van der Waals surface area contributed by atoms with Crippen LogP contribution in [0.3, 0.4) is 0 Å². The molecule has 0 aliphatic carbocycles. The lowest BCUT2D eigenvalue weighted by atomic mass is 9.97. The SMILES string of the molecule is CC(=O)c1ccc(N2C(=O)c3oc4ccc(C)cc4c(=O)c3C2c2ccc([N+](=O)[O-])cc2)cc1. The Bertz CT molecular complexity index is 1550. The van der Waals surface area contributed by atoms with Crippen molar-refractivity contribution >= 4 is 34.0 Å². The van der Waals surface area contributed by atoms with Crippen LogP contribution in [-0.4, -0.2) is 16.6 Å². The molecule has 3 aromatic carbocycles. The van der Waals surface area contributed by atoms with E-state index in [4.69, 9.17) is 4.42 Å². The van der Waals surface area contributed by atoms with Crippen molar-refractivity contribution in [2.75, 3.05) is 4.90 Å². The van der Waals surface area contributed by atoms with Crippen LogP contribution in [0.5, 0.6) is 0 Å². The highest BCUT2D eigenvalue weighted by atomic mass is 16.6. The predicted octanol–water partition coefficient (Wildman–Crippen LogP) is 4.96. The van der Waals surface area contributed by atoms with Crippen LogP contribution in [0, 0.1) is 17.0 Å². The second kappa shape index (κ2) is 7.77. The van der Waals surface area contributed by atoms with Crippen LogP contribution in [0.2, 0.25) is 0 Å². The topological polar surface area (TPSA) is 111 Å². The fourth-order valence-corrected chi connectivity index (χ4v) is 4.30. The summed E-state index contributed by atoms with van der Waals surface area (Å²) in [4.78, 5) is 50.9. The summed E-state index contributed by atoms with van der Waals surface area (Å²) in [5, 5.41) is 11.5. The number of Topliss-reactive ketones (excluding diaryl/α,β-unsaturated/α-hetero) is 1. The zero-order valence-corrected chi connectivity index (χ0v) is 18.3. The normalized spacial score (nSPS) is 14.9. The number of ketones is 1. The minimum absolute atomic E-state index is 0.0691. The van der Waals surface area contributed by atoms with Crippen molar-refractivity contribution in [1.82, 2.24) is 0 Å². The lowest BCUT2D eigenvalue weighted by Crippen LogP contribution is -2.29. The number of rotatable bonds is 4. The third kappa shape index (κ3) is 3.27. The minimum atomic E-state index is -0.854. The zero-order valence-electron chi connectivity index (χ0n) is 18.3. The largest absolute Gasteiger partial charge is 0.450 e. The van der Waals surface area contributed by atoms with E-state index >= 15 is 0 Å². The Hall–Kier alpha value is -4.59. The van der Waals surface area contributed by atoms with Gasteiger partial charge in [-0.25, -0.2) is 0 Å². The van der Waals surface area contributed by atoms with Gasteiger partial charge in [0.2, 0.25) is 5.76 Å². The minimum Gasteiger partial charge on any atom is -0.450 e. The molecule has 1 aromatic heterocycles. The summed E-state index contributed by atoms with van der Waals surface area (Å²) in [6, 6.07) is 16.5. The van der Waals surface area contributed by atoms with Gasteiger partial charge in [-0.1, -0.05) is 11.6 Å². The van der Waals surface area contributed by atoms with Crippen LogP contribution in [0.25, 0.3) is 11.0 Å². The van der Waals surface area contributed by atoms with E-state index in [9.17, 15) is 24.5 Å². The maximum absolute atomic E-state index is 13.6. The van der Waals surface area contributed by atoms with Gasteiger partial charge in [-0.05, 0) is 67.9 Å². The molecule has 0 bridgehead atoms. The molecule has 2 heterocycles. The zero-order chi connectivity index (χ0) is 24.1. The Kier molecular flexibility index (Phi) is 4.86. The number of nitro groups is 1. The molecular weight excluding hydrogens is 436 g/mol. The van der Waals surface area contributed by atoms with Crippen molar-refractivity contribution < 1.29 is 18.9 Å². The average Bonchev–Trinajstić information content (AvgIpc) is 3.12. The van der Waals surface area contributed by atoms with E-state index in [-0.39, 0.29) is 28.2 Å². The van der Waals surface area contributed by atoms with E-state index < -0.39 is 16.9 Å². The molecule has 168 valence electrons. The van der Waals surface area contributed by atoms with Gasteiger partial charge in [0, 0.05) is 23.4 Å². The number of nitro benzene ring substituents is 1. The summed E-state index contributed by atoms with van der Waals surface area (Å²) < 4.78 is 5.93. The van der Waals surface area contributed by atoms with Crippen molar-refractivity contribution in [3.05, 3.63) is 115 Å². The number of carbonyl (C=O) groups is 2. The van der Waals surface area contributed by atoms with Crippen LogP contribution < -0.4 is 10.3 Å². The molecular formula is C26H18N2O6. The summed E-state index contributed by atoms with van der Waals surface area (Å²) in [6.45, 7) is 3.30. The van der Waals surface area contributed by atoms with Crippen molar-refractivity contribution in [3.63, 3.8) is 0 Å². The molecule has 1 amide bonds. The smallest absolute Gasteiger partial charge is 0.295 e. The molecule has 0 radical (unpaired) electrons. The molecule has 8 heteroatoms. The Morgan fingerprint density at radius 1 is 1.00 bits per heavy atom. The van der Waals surface area contributed by atoms with E-state index in [1.807, 2.05) is 6.92 Å². The molecule has 0 saturated heterocycles. The highest BCUT2D eigenvalue weighted by molar-refractivity contribution is 6.11. The maximum Gasteiger partial charge on any atom is 0.295 e. The first-order valence-electron chi connectivity index (χ1n) is 10.5. The number of aryl methyl sites for hydroxylation is 1. The first kappa shape index (κ1) is 21.3. The molecule has 0 spiro atoms. The number of fused-ring (bicyclic) bond motifs is 2. The second-order valence-corrected chi connectivity index (χ2v) is 8.20. The van der Waals surface area contributed by atoms with Gasteiger partial charge >= 0.3 is 0 Å². The standard InChI is InChI=1S/C26H18N2O6/c1-14-3-12-21-20(13-14)24(30)22-23(17-6-10-19(11-7-17)28(32)33)27(26(31)25(22)34-21)18-8-4-16(5-9-18)15(2)29/h3-13,23H,1-2H3. The Morgan fingerprint density at radius 2 is 1.68 bits per heavy atom. The number of carbonyl (C=O) groups excluding carboxylic acids is 2. The van der Waals surface area contributed by atoms with Crippen LogP contribution >= 0.6 is 0 Å². The summed E-state index contributed by atoms with van der Waals surface area (Å²) in [7, 11) is 0. The van der Waals surface area contributed by atoms with Gasteiger partial charge in [0.25, 0.3) is 11.6 Å². The fraction of sp³-hybridized carbons (Fsp3) is 0.115. The molecule has 0 saturated carbocycles. The maximum atomic E-state index is 13.6. The van der Waals surface area contributed by atoms with Gasteiger partial charge < -0.3 is 4.42 Å². The molecule has 1 aliphatic rings. The second-order valence-electron chi connectivity index (χ2n) is 8.20. The van der Waals surface area contributed by atoms with Crippen LogP contribution in [0.4, 0.5) is 11.4 Å². The van der Waals surface area contributed by atoms with Crippen LogP contribution in [0.1, 0.15) is 50.6 Å². The molecule has 1 atom stereocenters. The fourth-order valence-electron chi connectivity index (χ4n) is 4.30. The van der Waals surface area contributed by atoms with Crippen molar-refractivity contribution in [2.24, 2.45) is 0 Å². The van der Waals surface area contributed by atoms with Gasteiger partial charge in [0.1, 0.15) is 5.58 Å². The van der Waals surface area contributed by atoms with E-state index in [0.717, 1.165) is 5.56 Å². The van der Waals surface area contributed by atoms with Gasteiger partial charge in [-0.2, -0.15) is 0 Å². The third-order valence-corrected chi connectivity index (χ3v) is 6.00. The molecule has 0 fully saturated rings. The van der Waals surface area contributed by atoms with Gasteiger partial charge in [0.05, 0.1) is 21.9 Å². The number of nitrogens with zero attached hydrogens (tertiary/aromatic N) is 2. The monoisotopic (exact) mass is 454 g/mol. The van der Waals surface area contributed by atoms with E-state index in [1.54, 1.807) is 42.5 Å². The molecule has 4 aromatic rings. The lowest BCUT2D eigenvalue weighted by Gasteiger charge is -2.25. The molecule has 5 rings (SSSR count). The van der Waals surface area contributed by atoms with Crippen molar-refractivity contribution in [3.8, 4) is 0 Å². The highest BCUT2D eigenvalue weighted by Crippen LogP contribution is 2.41. The summed E-state index contributed by atoms with van der Waals surface area (Å²) >= 11 is 0. The van der Waals surface area contributed by atoms with Gasteiger partial charge in [-0.15, -0.1) is 0 Å². The number of non-ortho nitro benzene ring substituents is 1. The lowest BCUT2D eigenvalue weighted by molar-refractivity contribution is -0.384. The number of benzene rings is 3.